The van der Waals surface area contributed by atoms with Crippen molar-refractivity contribution in [2.75, 3.05) is 20.0 Å². The van der Waals surface area contributed by atoms with E-state index in [4.69, 9.17) is 14.3 Å². The number of amides is 1. The van der Waals surface area contributed by atoms with Crippen LogP contribution in [0.3, 0.4) is 0 Å². The smallest absolute Gasteiger partial charge is 0.264 e. The first kappa shape index (κ1) is 27.7. The summed E-state index contributed by atoms with van der Waals surface area (Å²) >= 11 is 0. The van der Waals surface area contributed by atoms with Gasteiger partial charge >= 0.3 is 0 Å². The summed E-state index contributed by atoms with van der Waals surface area (Å²) in [4.78, 5) is 35.7. The van der Waals surface area contributed by atoms with E-state index in [9.17, 15) is 22.4 Å². The number of aromatic nitrogens is 2. The minimum atomic E-state index is -3.90. The summed E-state index contributed by atoms with van der Waals surface area (Å²) in [5.41, 5.74) is 2.97. The van der Waals surface area contributed by atoms with E-state index in [2.05, 4.69) is 10.5 Å². The van der Waals surface area contributed by atoms with E-state index in [1.54, 1.807) is 24.3 Å². The SMILES string of the molecule is COc1cccc(-c2ccc3c(=O)n(CCC(C)(C(=O)NOC4CCCCO4)S(C)(=O)=O)cnc3c2)c1F. The predicted octanol–water partition coefficient (Wildman–Crippen LogP) is 2.98. The molecule has 1 fully saturated rings. The first-order valence-corrected chi connectivity index (χ1v) is 14.0. The van der Waals surface area contributed by atoms with Crippen LogP contribution in [0.5, 0.6) is 5.75 Å². The van der Waals surface area contributed by atoms with Crippen LogP contribution in [0.25, 0.3) is 22.0 Å². The Kier molecular flexibility index (Phi) is 8.14. The number of carbonyl (C=O) groups excluding carboxylic acids is 1. The lowest BCUT2D eigenvalue weighted by molar-refractivity contribution is -0.201. The van der Waals surface area contributed by atoms with Crippen molar-refractivity contribution in [2.24, 2.45) is 0 Å². The van der Waals surface area contributed by atoms with Gasteiger partial charge in [-0.05, 0) is 49.9 Å². The standard InChI is InChI=1S/C26H30FN3O7S/c1-26(38(3,33)34,25(32)29-37-22-9-4-5-14-36-22)12-13-30-16-28-20-15-17(10-11-19(20)24(30)31)18-7-6-8-21(35-2)23(18)27/h6-8,10-11,15-16,22H,4-5,9,12-14H2,1-3H3,(H,29,32). The van der Waals surface area contributed by atoms with Crippen molar-refractivity contribution >= 4 is 26.6 Å². The Labute approximate surface area is 219 Å². The van der Waals surface area contributed by atoms with Crippen molar-refractivity contribution in [3.63, 3.8) is 0 Å². The molecule has 10 nitrogen and oxygen atoms in total. The van der Waals surface area contributed by atoms with Gasteiger partial charge in [0.1, 0.15) is 0 Å². The average molecular weight is 548 g/mol. The highest BCUT2D eigenvalue weighted by Gasteiger charge is 2.44. The van der Waals surface area contributed by atoms with E-state index < -0.39 is 38.2 Å². The van der Waals surface area contributed by atoms with Crippen LogP contribution in [0.15, 0.2) is 47.5 Å². The molecular formula is C26H30FN3O7S. The van der Waals surface area contributed by atoms with Crippen LogP contribution in [-0.4, -0.2) is 54.9 Å². The minimum absolute atomic E-state index is 0.0923. The molecule has 0 saturated carbocycles. The highest BCUT2D eigenvalue weighted by molar-refractivity contribution is 7.92. The van der Waals surface area contributed by atoms with Crippen LogP contribution < -0.4 is 15.8 Å². The van der Waals surface area contributed by atoms with E-state index in [-0.39, 0.29) is 24.1 Å². The number of nitrogens with one attached hydrogen (secondary N) is 1. The number of hydroxylamine groups is 1. The van der Waals surface area contributed by atoms with Crippen LogP contribution in [0, 0.1) is 5.82 Å². The van der Waals surface area contributed by atoms with Gasteiger partial charge < -0.3 is 9.47 Å². The minimum Gasteiger partial charge on any atom is -0.494 e. The Morgan fingerprint density at radius 3 is 2.76 bits per heavy atom. The van der Waals surface area contributed by atoms with Crippen LogP contribution in [0.4, 0.5) is 4.39 Å². The summed E-state index contributed by atoms with van der Waals surface area (Å²) < 4.78 is 49.8. The number of hydrogen-bond donors (Lipinski definition) is 1. The molecule has 2 atom stereocenters. The highest BCUT2D eigenvalue weighted by Crippen LogP contribution is 2.30. The zero-order chi connectivity index (χ0) is 27.5. The van der Waals surface area contributed by atoms with Gasteiger partial charge in [-0.25, -0.2) is 28.1 Å². The quantitative estimate of drug-likeness (QED) is 0.406. The summed E-state index contributed by atoms with van der Waals surface area (Å²) in [7, 11) is -2.52. The zero-order valence-electron chi connectivity index (χ0n) is 21.4. The van der Waals surface area contributed by atoms with Gasteiger partial charge in [0.25, 0.3) is 11.5 Å². The molecule has 3 aromatic rings. The predicted molar refractivity (Wildman–Crippen MR) is 139 cm³/mol. The Bertz CT molecular complexity index is 1500. The lowest BCUT2D eigenvalue weighted by Gasteiger charge is -2.28. The van der Waals surface area contributed by atoms with E-state index in [0.29, 0.717) is 29.7 Å². The second-order valence-electron chi connectivity index (χ2n) is 9.40. The van der Waals surface area contributed by atoms with Crippen molar-refractivity contribution in [3.8, 4) is 16.9 Å². The van der Waals surface area contributed by atoms with Gasteiger partial charge in [0.05, 0.1) is 24.3 Å². The molecule has 0 radical (unpaired) electrons. The van der Waals surface area contributed by atoms with Crippen molar-refractivity contribution in [1.29, 1.82) is 0 Å². The van der Waals surface area contributed by atoms with Gasteiger partial charge in [-0.15, -0.1) is 0 Å². The molecule has 1 aliphatic rings. The molecular weight excluding hydrogens is 517 g/mol. The fraction of sp³-hybridized carbons (Fsp3) is 0.423. The molecule has 12 heteroatoms. The molecule has 2 heterocycles. The summed E-state index contributed by atoms with van der Waals surface area (Å²) in [6, 6.07) is 9.51. The number of aryl methyl sites for hydroxylation is 1. The molecule has 0 spiro atoms. The molecule has 2 aromatic carbocycles. The van der Waals surface area contributed by atoms with Crippen LogP contribution in [0.2, 0.25) is 0 Å². The van der Waals surface area contributed by atoms with Crippen molar-refractivity contribution in [1.82, 2.24) is 15.0 Å². The van der Waals surface area contributed by atoms with Gasteiger partial charge in [0, 0.05) is 31.4 Å². The molecule has 0 aliphatic carbocycles. The Morgan fingerprint density at radius 1 is 1.29 bits per heavy atom. The average Bonchev–Trinajstić information content (AvgIpc) is 2.91. The third kappa shape index (κ3) is 5.57. The summed E-state index contributed by atoms with van der Waals surface area (Å²) in [5.74, 6) is -1.28. The Hall–Kier alpha value is -3.35. The Morgan fingerprint density at radius 2 is 2.08 bits per heavy atom. The highest BCUT2D eigenvalue weighted by atomic mass is 32.2. The van der Waals surface area contributed by atoms with Gasteiger partial charge in [-0.1, -0.05) is 18.2 Å². The Balaban J connectivity index is 1.55. The summed E-state index contributed by atoms with van der Waals surface area (Å²) in [6.45, 7) is 1.69. The number of hydrogen-bond acceptors (Lipinski definition) is 8. The number of carbonyl (C=O) groups is 1. The summed E-state index contributed by atoms with van der Waals surface area (Å²) in [6.07, 6.45) is 3.75. The van der Waals surface area contributed by atoms with Gasteiger partial charge in [0.15, 0.2) is 32.4 Å². The second kappa shape index (κ2) is 11.2. The fourth-order valence-corrected chi connectivity index (χ4v) is 5.05. The molecule has 1 aliphatic heterocycles. The third-order valence-corrected chi connectivity index (χ3v) is 8.90. The maximum atomic E-state index is 14.7. The maximum Gasteiger partial charge on any atom is 0.264 e. The number of nitrogens with zero attached hydrogens (tertiary/aromatic N) is 2. The largest absolute Gasteiger partial charge is 0.494 e. The van der Waals surface area contributed by atoms with Gasteiger partial charge in [-0.2, -0.15) is 0 Å². The monoisotopic (exact) mass is 547 g/mol. The normalized spacial score (nSPS) is 17.6. The van der Waals surface area contributed by atoms with Gasteiger partial charge in [-0.3, -0.25) is 14.2 Å². The van der Waals surface area contributed by atoms with E-state index >= 15 is 0 Å². The van der Waals surface area contributed by atoms with Crippen molar-refractivity contribution in [2.45, 2.75) is 50.2 Å². The first-order valence-electron chi connectivity index (χ1n) is 12.1. The first-order chi connectivity index (χ1) is 18.0. The third-order valence-electron chi connectivity index (χ3n) is 6.87. The number of ether oxygens (including phenoxy) is 2. The van der Waals surface area contributed by atoms with Crippen LogP contribution in [0.1, 0.15) is 32.6 Å². The van der Waals surface area contributed by atoms with Crippen molar-refractivity contribution < 1.29 is 31.9 Å². The molecule has 1 N–H and O–H groups in total. The lowest BCUT2D eigenvalue weighted by atomic mass is 10.0. The fourth-order valence-electron chi connectivity index (χ4n) is 4.21. The molecule has 4 rings (SSSR count). The number of halogens is 1. The second-order valence-corrected chi connectivity index (χ2v) is 11.8. The number of fused-ring (bicyclic) bond motifs is 1. The van der Waals surface area contributed by atoms with Crippen LogP contribution in [-0.2, 0) is 30.8 Å². The lowest BCUT2D eigenvalue weighted by Crippen LogP contribution is -2.51. The van der Waals surface area contributed by atoms with Gasteiger partial charge in [0.2, 0.25) is 0 Å². The topological polar surface area (TPSA) is 126 Å². The number of methoxy groups -OCH3 is 1. The molecule has 38 heavy (non-hydrogen) atoms. The molecule has 1 amide bonds. The molecule has 1 aromatic heterocycles. The molecule has 204 valence electrons. The van der Waals surface area contributed by atoms with E-state index in [0.717, 1.165) is 19.1 Å². The number of benzene rings is 2. The molecule has 0 bridgehead atoms. The van der Waals surface area contributed by atoms with E-state index in [1.807, 2.05) is 0 Å². The zero-order valence-corrected chi connectivity index (χ0v) is 22.2. The maximum absolute atomic E-state index is 14.7. The van der Waals surface area contributed by atoms with Crippen molar-refractivity contribution in [3.05, 3.63) is 58.9 Å². The van der Waals surface area contributed by atoms with E-state index in [1.165, 1.54) is 37.1 Å². The molecule has 2 unspecified atom stereocenters. The molecule has 1 saturated heterocycles. The number of rotatable bonds is 9. The number of sulfone groups is 1. The van der Waals surface area contributed by atoms with Crippen LogP contribution >= 0.6 is 0 Å². The summed E-state index contributed by atoms with van der Waals surface area (Å²) in [5, 5.41) is 0.267.